The summed E-state index contributed by atoms with van der Waals surface area (Å²) >= 11 is 3.88. The largest absolute Gasteiger partial charge is 0.433 e. The number of carbonyl (C=O) groups is 2. The zero-order valence-corrected chi connectivity index (χ0v) is 9.55. The number of rotatable bonds is 2. The minimum absolute atomic E-state index is 0.201. The number of nitrogens with one attached hydrogen (secondary N) is 1. The van der Waals surface area contributed by atoms with Gasteiger partial charge in [-0.2, -0.15) is 0 Å². The molecule has 0 radical (unpaired) electrons. The molecule has 2 rings (SSSR count). The Kier molecular flexibility index (Phi) is 2.83. The van der Waals surface area contributed by atoms with Crippen molar-refractivity contribution in [3.05, 3.63) is 28.0 Å². The Balaban J connectivity index is 2.06. The highest BCUT2D eigenvalue weighted by molar-refractivity contribution is 9.10. The first kappa shape index (κ1) is 10.3. The van der Waals surface area contributed by atoms with E-state index in [0.29, 0.717) is 4.67 Å². The van der Waals surface area contributed by atoms with Crippen LogP contribution in [0.3, 0.4) is 0 Å². The molecule has 0 bridgehead atoms. The Morgan fingerprint density at radius 2 is 2.27 bits per heavy atom. The molecule has 1 fully saturated rings. The number of hydrogen-bond acceptors (Lipinski definition) is 5. The molecule has 0 spiro atoms. The lowest BCUT2D eigenvalue weighted by atomic mass is 10.6. The van der Waals surface area contributed by atoms with E-state index in [2.05, 4.69) is 21.2 Å². The van der Waals surface area contributed by atoms with Gasteiger partial charge in [-0.3, -0.25) is 14.9 Å². The second kappa shape index (κ2) is 4.11. The van der Waals surface area contributed by atoms with Crippen molar-refractivity contribution in [3.8, 4) is 5.95 Å². The van der Waals surface area contributed by atoms with Crippen molar-refractivity contribution in [1.29, 1.82) is 0 Å². The molecule has 0 unspecified atom stereocenters. The molecule has 0 aromatic carbocycles. The normalized spacial score (nSPS) is 18.3. The van der Waals surface area contributed by atoms with Gasteiger partial charge in [0.05, 0.1) is 0 Å². The predicted molar refractivity (Wildman–Crippen MR) is 56.2 cm³/mol. The van der Waals surface area contributed by atoms with Crippen LogP contribution in [0.15, 0.2) is 32.4 Å². The number of imide groups is 1. The van der Waals surface area contributed by atoms with Gasteiger partial charge < -0.3 is 9.15 Å². The number of hydrogen-bond donors (Lipinski definition) is 1. The lowest BCUT2D eigenvalue weighted by Crippen LogP contribution is -2.18. The third-order valence-corrected chi connectivity index (χ3v) is 2.69. The monoisotopic (exact) mass is 289 g/mol. The number of thioether (sulfide) groups is 1. The lowest BCUT2D eigenvalue weighted by Gasteiger charge is -1.93. The Labute approximate surface area is 97.0 Å². The summed E-state index contributed by atoms with van der Waals surface area (Å²) in [7, 11) is 0. The third-order valence-electron chi connectivity index (χ3n) is 1.47. The van der Waals surface area contributed by atoms with Crippen LogP contribution < -0.4 is 10.1 Å². The van der Waals surface area contributed by atoms with E-state index in [9.17, 15) is 9.59 Å². The van der Waals surface area contributed by atoms with Gasteiger partial charge in [0, 0.05) is 6.07 Å². The van der Waals surface area contributed by atoms with Gasteiger partial charge in [0.2, 0.25) is 0 Å². The van der Waals surface area contributed by atoms with E-state index in [0.717, 1.165) is 11.8 Å². The highest BCUT2D eigenvalue weighted by atomic mass is 79.9. The van der Waals surface area contributed by atoms with Gasteiger partial charge in [-0.15, -0.1) is 0 Å². The van der Waals surface area contributed by atoms with E-state index < -0.39 is 11.1 Å². The molecule has 1 aromatic heterocycles. The van der Waals surface area contributed by atoms with E-state index in [4.69, 9.17) is 9.15 Å². The summed E-state index contributed by atoms with van der Waals surface area (Å²) in [6, 6.07) is 3.24. The summed E-state index contributed by atoms with van der Waals surface area (Å²) in [5.74, 6) is -0.224. The third kappa shape index (κ3) is 2.42. The summed E-state index contributed by atoms with van der Waals surface area (Å²) in [5, 5.41) is 1.70. The number of carbonyl (C=O) groups excluding carboxylic acids is 2. The van der Waals surface area contributed by atoms with Crippen molar-refractivity contribution in [3.63, 3.8) is 0 Å². The van der Waals surface area contributed by atoms with Crippen LogP contribution in [-0.4, -0.2) is 11.1 Å². The maximum absolute atomic E-state index is 11.1. The molecule has 1 aliphatic heterocycles. The van der Waals surface area contributed by atoms with Gasteiger partial charge in [-0.1, -0.05) is 0 Å². The summed E-state index contributed by atoms with van der Waals surface area (Å²) in [6.07, 6.45) is 1.18. The van der Waals surface area contributed by atoms with E-state index in [-0.39, 0.29) is 10.9 Å². The number of halogens is 1. The standard InChI is InChI=1S/C8H4BrNO4S/c9-5-1-2-6(14-5)13-3-4-7(11)10-8(12)15-4/h1-3H,(H,10,11,12). The molecule has 2 heterocycles. The van der Waals surface area contributed by atoms with Gasteiger partial charge in [-0.05, 0) is 33.8 Å². The molecule has 1 aromatic rings. The van der Waals surface area contributed by atoms with Crippen molar-refractivity contribution in [2.45, 2.75) is 0 Å². The van der Waals surface area contributed by atoms with Gasteiger partial charge in [0.1, 0.15) is 11.2 Å². The fourth-order valence-electron chi connectivity index (χ4n) is 0.876. The van der Waals surface area contributed by atoms with E-state index in [1.165, 1.54) is 6.26 Å². The second-order valence-electron chi connectivity index (χ2n) is 2.50. The summed E-state index contributed by atoms with van der Waals surface area (Å²) in [6.45, 7) is 0. The van der Waals surface area contributed by atoms with Gasteiger partial charge in [0.25, 0.3) is 17.1 Å². The fourth-order valence-corrected chi connectivity index (χ4v) is 1.75. The zero-order chi connectivity index (χ0) is 10.8. The zero-order valence-electron chi connectivity index (χ0n) is 7.15. The van der Waals surface area contributed by atoms with Crippen LogP contribution in [0.4, 0.5) is 4.79 Å². The van der Waals surface area contributed by atoms with Crippen molar-refractivity contribution in [2.75, 3.05) is 0 Å². The molecule has 78 valence electrons. The highest BCUT2D eigenvalue weighted by Gasteiger charge is 2.25. The lowest BCUT2D eigenvalue weighted by molar-refractivity contribution is -0.115. The average Bonchev–Trinajstić information content (AvgIpc) is 2.70. The maximum atomic E-state index is 11.1. The molecule has 0 aliphatic carbocycles. The highest BCUT2D eigenvalue weighted by Crippen LogP contribution is 2.25. The van der Waals surface area contributed by atoms with Crippen LogP contribution in [-0.2, 0) is 4.79 Å². The minimum atomic E-state index is -0.462. The maximum Gasteiger partial charge on any atom is 0.291 e. The Morgan fingerprint density at radius 3 is 2.80 bits per heavy atom. The molecule has 15 heavy (non-hydrogen) atoms. The van der Waals surface area contributed by atoms with Crippen LogP contribution in [0.1, 0.15) is 0 Å². The fraction of sp³-hybridized carbons (Fsp3) is 0. The molecule has 0 saturated carbocycles. The molecule has 2 amide bonds. The van der Waals surface area contributed by atoms with Crippen molar-refractivity contribution in [1.82, 2.24) is 5.32 Å². The van der Waals surface area contributed by atoms with Gasteiger partial charge in [-0.25, -0.2) is 0 Å². The smallest absolute Gasteiger partial charge is 0.291 e. The quantitative estimate of drug-likeness (QED) is 0.668. The van der Waals surface area contributed by atoms with E-state index in [1.807, 2.05) is 0 Å². The second-order valence-corrected chi connectivity index (χ2v) is 4.30. The first-order chi connectivity index (χ1) is 7.15. The number of amides is 2. The summed E-state index contributed by atoms with van der Waals surface area (Å²) < 4.78 is 10.6. The van der Waals surface area contributed by atoms with Crippen LogP contribution in [0, 0.1) is 0 Å². The first-order valence-corrected chi connectivity index (χ1v) is 5.41. The average molecular weight is 290 g/mol. The molecular formula is C8H4BrNO4S. The molecule has 7 heteroatoms. The van der Waals surface area contributed by atoms with Crippen molar-refractivity contribution >= 4 is 38.8 Å². The molecular weight excluding hydrogens is 286 g/mol. The van der Waals surface area contributed by atoms with Crippen molar-refractivity contribution in [2.24, 2.45) is 0 Å². The predicted octanol–water partition coefficient (Wildman–Crippen LogP) is 2.25. The SMILES string of the molecule is O=C1NC(=O)C(=COc2ccc(Br)o2)S1. The molecule has 5 nitrogen and oxygen atoms in total. The summed E-state index contributed by atoms with van der Waals surface area (Å²) in [5.41, 5.74) is 0. The number of ether oxygens (including phenoxy) is 1. The number of furan rings is 1. The molecule has 1 aliphatic rings. The van der Waals surface area contributed by atoms with Crippen LogP contribution in [0.2, 0.25) is 0 Å². The molecule has 1 saturated heterocycles. The van der Waals surface area contributed by atoms with Crippen LogP contribution >= 0.6 is 27.7 Å². The minimum Gasteiger partial charge on any atom is -0.433 e. The van der Waals surface area contributed by atoms with Gasteiger partial charge in [0.15, 0.2) is 4.67 Å². The topological polar surface area (TPSA) is 68.5 Å². The molecule has 0 atom stereocenters. The van der Waals surface area contributed by atoms with Crippen LogP contribution in [0.5, 0.6) is 5.95 Å². The van der Waals surface area contributed by atoms with Crippen molar-refractivity contribution < 1.29 is 18.7 Å². The van der Waals surface area contributed by atoms with E-state index >= 15 is 0 Å². The first-order valence-electron chi connectivity index (χ1n) is 3.80. The van der Waals surface area contributed by atoms with Gasteiger partial charge >= 0.3 is 0 Å². The Morgan fingerprint density at radius 1 is 1.47 bits per heavy atom. The van der Waals surface area contributed by atoms with E-state index in [1.54, 1.807) is 12.1 Å². The summed E-state index contributed by atoms with van der Waals surface area (Å²) in [4.78, 5) is 22.1. The van der Waals surface area contributed by atoms with Crippen LogP contribution in [0.25, 0.3) is 0 Å². The molecule has 1 N–H and O–H groups in total. The Hall–Kier alpha value is -1.21. The Bertz CT molecular complexity index is 453.